The van der Waals surface area contributed by atoms with E-state index in [0.29, 0.717) is 24.7 Å². The lowest BCUT2D eigenvalue weighted by atomic mass is 10.1. The molecule has 0 bridgehead atoms. The molecule has 0 aliphatic rings. The van der Waals surface area contributed by atoms with Crippen LogP contribution in [0.2, 0.25) is 0 Å². The van der Waals surface area contributed by atoms with Crippen molar-refractivity contribution in [3.8, 4) is 11.4 Å². The highest BCUT2D eigenvalue weighted by atomic mass is 32.1. The summed E-state index contributed by atoms with van der Waals surface area (Å²) in [7, 11) is 0. The van der Waals surface area contributed by atoms with E-state index < -0.39 is 0 Å². The van der Waals surface area contributed by atoms with Gasteiger partial charge in [0.1, 0.15) is 0 Å². The Morgan fingerprint density at radius 2 is 2.00 bits per heavy atom. The first-order valence-corrected chi connectivity index (χ1v) is 9.24. The van der Waals surface area contributed by atoms with E-state index in [-0.39, 0.29) is 11.8 Å². The predicted molar refractivity (Wildman–Crippen MR) is 102 cm³/mol. The Morgan fingerprint density at radius 3 is 2.64 bits per heavy atom. The van der Waals surface area contributed by atoms with E-state index in [4.69, 9.17) is 0 Å². The van der Waals surface area contributed by atoms with Crippen molar-refractivity contribution in [3.05, 3.63) is 52.2 Å². The quantitative estimate of drug-likeness (QED) is 0.702. The number of nitrogens with zero attached hydrogens (tertiary/aromatic N) is 3. The molecule has 6 heteroatoms. The second-order valence-corrected chi connectivity index (χ2v) is 7.49. The zero-order valence-corrected chi connectivity index (χ0v) is 15.5. The van der Waals surface area contributed by atoms with Gasteiger partial charge in [-0.15, -0.1) is 16.4 Å². The number of carbonyl (C=O) groups is 1. The molecule has 0 saturated carbocycles. The predicted octanol–water partition coefficient (Wildman–Crippen LogP) is 4.61. The van der Waals surface area contributed by atoms with Gasteiger partial charge in [-0.25, -0.2) is 0 Å². The number of nitrogens with one attached hydrogen (secondary N) is 1. The molecule has 0 unspecified atom stereocenters. The van der Waals surface area contributed by atoms with Crippen LogP contribution in [0.1, 0.15) is 35.5 Å². The summed E-state index contributed by atoms with van der Waals surface area (Å²) in [5, 5.41) is 9.74. The molecule has 2 aromatic heterocycles. The van der Waals surface area contributed by atoms with Crippen LogP contribution in [0, 0.1) is 12.8 Å². The summed E-state index contributed by atoms with van der Waals surface area (Å²) in [5.41, 5.74) is 2.08. The summed E-state index contributed by atoms with van der Waals surface area (Å²) < 4.78 is 1.41. The van der Waals surface area contributed by atoms with Crippen LogP contribution in [0.4, 0.5) is 5.95 Å². The molecule has 0 atom stereocenters. The first-order valence-electron chi connectivity index (χ1n) is 8.36. The van der Waals surface area contributed by atoms with Crippen LogP contribution in [0.15, 0.2) is 41.8 Å². The van der Waals surface area contributed by atoms with E-state index >= 15 is 0 Å². The average Bonchev–Trinajstić information content (AvgIpc) is 3.22. The highest BCUT2D eigenvalue weighted by molar-refractivity contribution is 7.09. The molecular weight excluding hydrogens is 332 g/mol. The van der Waals surface area contributed by atoms with E-state index in [1.54, 1.807) is 11.3 Å². The number of aryl methyl sites for hydroxylation is 1. The lowest BCUT2D eigenvalue weighted by Crippen LogP contribution is -2.18. The second-order valence-electron chi connectivity index (χ2n) is 6.46. The molecule has 0 aliphatic carbocycles. The van der Waals surface area contributed by atoms with Gasteiger partial charge in [0.2, 0.25) is 11.9 Å². The smallest absolute Gasteiger partial charge is 0.250 e. The first-order chi connectivity index (χ1) is 12.0. The maximum atomic E-state index is 12.6. The van der Waals surface area contributed by atoms with Crippen LogP contribution >= 0.6 is 11.3 Å². The zero-order valence-electron chi connectivity index (χ0n) is 14.7. The number of rotatable bonds is 6. The number of hydrogen-bond donors (Lipinski definition) is 1. The minimum atomic E-state index is -0.0467. The van der Waals surface area contributed by atoms with Crippen molar-refractivity contribution in [2.24, 2.45) is 5.92 Å². The van der Waals surface area contributed by atoms with Crippen molar-refractivity contribution < 1.29 is 4.79 Å². The molecule has 5 nitrogen and oxygen atoms in total. The Kier molecular flexibility index (Phi) is 5.28. The van der Waals surface area contributed by atoms with Gasteiger partial charge in [0.05, 0.1) is 6.54 Å². The van der Waals surface area contributed by atoms with E-state index in [2.05, 4.69) is 21.5 Å². The number of aromatic nitrogens is 3. The van der Waals surface area contributed by atoms with Crippen LogP contribution in [-0.4, -0.2) is 20.7 Å². The fraction of sp³-hybridized carbons (Fsp3) is 0.316. The third-order valence-corrected chi connectivity index (χ3v) is 4.61. The van der Waals surface area contributed by atoms with Crippen molar-refractivity contribution in [3.63, 3.8) is 0 Å². The molecule has 25 heavy (non-hydrogen) atoms. The van der Waals surface area contributed by atoms with Crippen LogP contribution in [0.3, 0.4) is 0 Å². The number of anilines is 1. The molecule has 0 amide bonds. The lowest BCUT2D eigenvalue weighted by molar-refractivity contribution is 0.0873. The Labute approximate surface area is 151 Å². The SMILES string of the molecule is Cc1ccc(-c2nc(NCc3cccs3)n(C(=O)CC(C)C)n2)cc1. The molecule has 0 spiro atoms. The molecule has 1 N–H and O–H groups in total. The summed E-state index contributed by atoms with van der Waals surface area (Å²) in [6.07, 6.45) is 0.435. The third kappa shape index (κ3) is 4.33. The minimum absolute atomic E-state index is 0.0467. The van der Waals surface area contributed by atoms with Crippen LogP contribution in [-0.2, 0) is 6.54 Å². The first kappa shape index (κ1) is 17.4. The molecule has 0 fully saturated rings. The van der Waals surface area contributed by atoms with Gasteiger partial charge in [-0.05, 0) is 24.3 Å². The van der Waals surface area contributed by atoms with Gasteiger partial charge in [0.25, 0.3) is 0 Å². The third-order valence-electron chi connectivity index (χ3n) is 3.74. The van der Waals surface area contributed by atoms with E-state index in [9.17, 15) is 4.79 Å². The lowest BCUT2D eigenvalue weighted by Gasteiger charge is -2.07. The largest absolute Gasteiger partial charge is 0.349 e. The highest BCUT2D eigenvalue weighted by Crippen LogP contribution is 2.20. The molecule has 130 valence electrons. The average molecular weight is 354 g/mol. The Hall–Kier alpha value is -2.47. The minimum Gasteiger partial charge on any atom is -0.349 e. The fourth-order valence-corrected chi connectivity index (χ4v) is 3.08. The van der Waals surface area contributed by atoms with Crippen molar-refractivity contribution in [1.82, 2.24) is 14.8 Å². The monoisotopic (exact) mass is 354 g/mol. The van der Waals surface area contributed by atoms with Gasteiger partial charge in [-0.2, -0.15) is 9.67 Å². The molecular formula is C19H22N4OS. The second kappa shape index (κ2) is 7.61. The maximum Gasteiger partial charge on any atom is 0.250 e. The maximum absolute atomic E-state index is 12.6. The number of carbonyl (C=O) groups excluding carboxylic acids is 1. The van der Waals surface area contributed by atoms with Gasteiger partial charge in [0.15, 0.2) is 5.82 Å². The summed E-state index contributed by atoms with van der Waals surface area (Å²) in [4.78, 5) is 18.3. The molecule has 3 aromatic rings. The highest BCUT2D eigenvalue weighted by Gasteiger charge is 2.18. The van der Waals surface area contributed by atoms with Crippen molar-refractivity contribution in [2.45, 2.75) is 33.7 Å². The topological polar surface area (TPSA) is 59.8 Å². The van der Waals surface area contributed by atoms with Crippen LogP contribution in [0.25, 0.3) is 11.4 Å². The van der Waals surface area contributed by atoms with Crippen molar-refractivity contribution in [2.75, 3.05) is 5.32 Å². The Bertz CT molecular complexity index is 835. The summed E-state index contributed by atoms with van der Waals surface area (Å²) in [6, 6.07) is 12.1. The molecule has 0 saturated heterocycles. The fourth-order valence-electron chi connectivity index (χ4n) is 2.44. The van der Waals surface area contributed by atoms with E-state index in [0.717, 1.165) is 5.56 Å². The number of hydrogen-bond acceptors (Lipinski definition) is 5. The number of benzene rings is 1. The van der Waals surface area contributed by atoms with Gasteiger partial charge in [0, 0.05) is 16.9 Å². The molecule has 3 rings (SSSR count). The molecule has 1 aromatic carbocycles. The van der Waals surface area contributed by atoms with Crippen LogP contribution in [0.5, 0.6) is 0 Å². The van der Waals surface area contributed by atoms with E-state index in [1.807, 2.05) is 56.5 Å². The van der Waals surface area contributed by atoms with Crippen LogP contribution < -0.4 is 5.32 Å². The Balaban J connectivity index is 1.89. The zero-order chi connectivity index (χ0) is 17.8. The van der Waals surface area contributed by atoms with Crippen molar-refractivity contribution >= 4 is 23.2 Å². The van der Waals surface area contributed by atoms with Gasteiger partial charge < -0.3 is 5.32 Å². The normalized spacial score (nSPS) is 11.0. The molecule has 0 aliphatic heterocycles. The summed E-state index contributed by atoms with van der Waals surface area (Å²) in [6.45, 7) is 6.71. The summed E-state index contributed by atoms with van der Waals surface area (Å²) in [5.74, 6) is 1.28. The van der Waals surface area contributed by atoms with E-state index in [1.165, 1.54) is 15.1 Å². The molecule has 2 heterocycles. The van der Waals surface area contributed by atoms with Gasteiger partial charge >= 0.3 is 0 Å². The van der Waals surface area contributed by atoms with Gasteiger partial charge in [-0.1, -0.05) is 49.7 Å². The van der Waals surface area contributed by atoms with Gasteiger partial charge in [-0.3, -0.25) is 4.79 Å². The number of thiophene rings is 1. The van der Waals surface area contributed by atoms with Crippen molar-refractivity contribution in [1.29, 1.82) is 0 Å². The molecule has 0 radical (unpaired) electrons. The standard InChI is InChI=1S/C19H22N4OS/c1-13(2)11-17(24)23-19(20-12-16-5-4-10-25-16)21-18(22-23)15-8-6-14(3)7-9-15/h4-10,13H,11-12H2,1-3H3,(H,20,21,22). The Morgan fingerprint density at radius 1 is 1.24 bits per heavy atom. The summed E-state index contributed by atoms with van der Waals surface area (Å²) >= 11 is 1.67.